The Balaban J connectivity index is 1.99. The van der Waals surface area contributed by atoms with Crippen molar-refractivity contribution in [2.75, 3.05) is 24.1 Å². The monoisotopic (exact) mass is 295 g/mol. The highest BCUT2D eigenvalue weighted by Gasteiger charge is 2.28. The van der Waals surface area contributed by atoms with Gasteiger partial charge in [0, 0.05) is 11.6 Å². The molecule has 1 fully saturated rings. The van der Waals surface area contributed by atoms with Gasteiger partial charge in [-0.15, -0.1) is 0 Å². The lowest BCUT2D eigenvalue weighted by atomic mass is 10.1. The summed E-state index contributed by atoms with van der Waals surface area (Å²) in [4.78, 5) is 14.5. The SMILES string of the molecule is CCC1CCN(C(C)C(=O)Nc2cc(Cl)ccc2N)C1. The normalized spacial score (nSPS) is 20.9. The fraction of sp³-hybridized carbons (Fsp3) is 0.533. The quantitative estimate of drug-likeness (QED) is 0.840. The summed E-state index contributed by atoms with van der Waals surface area (Å²) in [7, 11) is 0. The summed E-state index contributed by atoms with van der Waals surface area (Å²) in [5.74, 6) is 0.678. The van der Waals surface area contributed by atoms with Crippen LogP contribution in [0.15, 0.2) is 18.2 Å². The predicted octanol–water partition coefficient (Wildman–Crippen LogP) is 2.98. The van der Waals surface area contributed by atoms with Crippen LogP contribution in [0, 0.1) is 5.92 Å². The summed E-state index contributed by atoms with van der Waals surface area (Å²) in [6.45, 7) is 6.12. The Morgan fingerprint density at radius 1 is 1.60 bits per heavy atom. The molecular formula is C15H22ClN3O. The van der Waals surface area contributed by atoms with E-state index in [1.165, 1.54) is 12.8 Å². The summed E-state index contributed by atoms with van der Waals surface area (Å²) >= 11 is 5.93. The first-order valence-electron chi connectivity index (χ1n) is 7.11. The van der Waals surface area contributed by atoms with Crippen molar-refractivity contribution in [3.63, 3.8) is 0 Å². The number of nitrogens with zero attached hydrogens (tertiary/aromatic N) is 1. The van der Waals surface area contributed by atoms with Crippen molar-refractivity contribution in [2.24, 2.45) is 5.92 Å². The van der Waals surface area contributed by atoms with Gasteiger partial charge in [-0.3, -0.25) is 9.69 Å². The number of amides is 1. The van der Waals surface area contributed by atoms with E-state index >= 15 is 0 Å². The smallest absolute Gasteiger partial charge is 0.241 e. The van der Waals surface area contributed by atoms with Crippen molar-refractivity contribution in [1.29, 1.82) is 0 Å². The molecule has 4 nitrogen and oxygen atoms in total. The first-order chi connectivity index (χ1) is 9.51. The molecule has 1 amide bonds. The lowest BCUT2D eigenvalue weighted by Crippen LogP contribution is -2.40. The number of halogens is 1. The van der Waals surface area contributed by atoms with Crippen LogP contribution < -0.4 is 11.1 Å². The van der Waals surface area contributed by atoms with Crippen LogP contribution in [0.4, 0.5) is 11.4 Å². The number of nitrogens with one attached hydrogen (secondary N) is 1. The molecule has 0 aromatic heterocycles. The molecule has 1 aliphatic heterocycles. The Morgan fingerprint density at radius 2 is 2.35 bits per heavy atom. The van der Waals surface area contributed by atoms with Gasteiger partial charge in [0.15, 0.2) is 0 Å². The Bertz CT molecular complexity index is 492. The molecule has 0 bridgehead atoms. The second-order valence-corrected chi connectivity index (χ2v) is 5.89. The average molecular weight is 296 g/mol. The van der Waals surface area contributed by atoms with Crippen molar-refractivity contribution in [3.05, 3.63) is 23.2 Å². The van der Waals surface area contributed by atoms with Crippen LogP contribution in [0.2, 0.25) is 5.02 Å². The number of rotatable bonds is 4. The zero-order valence-corrected chi connectivity index (χ0v) is 12.8. The lowest BCUT2D eigenvalue weighted by Gasteiger charge is -2.23. The number of hydrogen-bond acceptors (Lipinski definition) is 3. The van der Waals surface area contributed by atoms with Crippen LogP contribution in [-0.4, -0.2) is 29.9 Å². The van der Waals surface area contributed by atoms with Crippen molar-refractivity contribution < 1.29 is 4.79 Å². The molecule has 0 spiro atoms. The summed E-state index contributed by atoms with van der Waals surface area (Å²) < 4.78 is 0. The molecule has 110 valence electrons. The fourth-order valence-corrected chi connectivity index (χ4v) is 2.76. The van der Waals surface area contributed by atoms with Crippen molar-refractivity contribution >= 4 is 28.9 Å². The third kappa shape index (κ3) is 3.44. The molecule has 20 heavy (non-hydrogen) atoms. The van der Waals surface area contributed by atoms with Crippen LogP contribution in [-0.2, 0) is 4.79 Å². The van der Waals surface area contributed by atoms with Gasteiger partial charge in [-0.2, -0.15) is 0 Å². The standard InChI is InChI=1S/C15H22ClN3O/c1-3-11-6-7-19(9-11)10(2)15(20)18-14-8-12(16)4-5-13(14)17/h4-5,8,10-11H,3,6-7,9,17H2,1-2H3,(H,18,20). The van der Waals surface area contributed by atoms with Crippen molar-refractivity contribution in [2.45, 2.75) is 32.7 Å². The van der Waals surface area contributed by atoms with E-state index in [0.717, 1.165) is 13.1 Å². The average Bonchev–Trinajstić information content (AvgIpc) is 2.90. The number of anilines is 2. The van der Waals surface area contributed by atoms with Crippen LogP contribution in [0.1, 0.15) is 26.7 Å². The molecular weight excluding hydrogens is 274 g/mol. The number of carbonyl (C=O) groups is 1. The minimum absolute atomic E-state index is 0.0317. The largest absolute Gasteiger partial charge is 0.397 e. The summed E-state index contributed by atoms with van der Waals surface area (Å²) in [6, 6.07) is 4.94. The van der Waals surface area contributed by atoms with E-state index < -0.39 is 0 Å². The minimum atomic E-state index is -0.148. The van der Waals surface area contributed by atoms with E-state index in [2.05, 4.69) is 17.1 Å². The molecule has 0 radical (unpaired) electrons. The highest BCUT2D eigenvalue weighted by Crippen LogP contribution is 2.25. The van der Waals surface area contributed by atoms with Crippen LogP contribution in [0.3, 0.4) is 0 Å². The topological polar surface area (TPSA) is 58.4 Å². The maximum Gasteiger partial charge on any atom is 0.241 e. The first-order valence-corrected chi connectivity index (χ1v) is 7.49. The highest BCUT2D eigenvalue weighted by molar-refractivity contribution is 6.31. The van der Waals surface area contributed by atoms with Crippen LogP contribution in [0.25, 0.3) is 0 Å². The first kappa shape index (κ1) is 15.1. The van der Waals surface area contributed by atoms with Crippen LogP contribution in [0.5, 0.6) is 0 Å². The van der Waals surface area contributed by atoms with Crippen molar-refractivity contribution in [3.8, 4) is 0 Å². The summed E-state index contributed by atoms with van der Waals surface area (Å²) in [5.41, 5.74) is 6.96. The van der Waals surface area contributed by atoms with E-state index in [9.17, 15) is 4.79 Å². The number of nitrogen functional groups attached to an aromatic ring is 1. The molecule has 5 heteroatoms. The van der Waals surface area contributed by atoms with Gasteiger partial charge in [0.1, 0.15) is 0 Å². The Morgan fingerprint density at radius 3 is 3.00 bits per heavy atom. The van der Waals surface area contributed by atoms with Gasteiger partial charge in [0.25, 0.3) is 0 Å². The molecule has 3 N–H and O–H groups in total. The molecule has 2 rings (SSSR count). The number of carbonyl (C=O) groups excluding carboxylic acids is 1. The molecule has 0 saturated carbocycles. The second-order valence-electron chi connectivity index (χ2n) is 5.45. The Labute approximate surface area is 125 Å². The lowest BCUT2D eigenvalue weighted by molar-refractivity contribution is -0.120. The highest BCUT2D eigenvalue weighted by atomic mass is 35.5. The zero-order chi connectivity index (χ0) is 14.7. The number of likely N-dealkylation sites (tertiary alicyclic amines) is 1. The van der Waals surface area contributed by atoms with Crippen LogP contribution >= 0.6 is 11.6 Å². The minimum Gasteiger partial charge on any atom is -0.397 e. The molecule has 1 aromatic rings. The van der Waals surface area contributed by atoms with E-state index in [1.807, 2.05) is 6.92 Å². The molecule has 2 atom stereocenters. The summed E-state index contributed by atoms with van der Waals surface area (Å²) in [6.07, 6.45) is 2.35. The molecule has 1 aromatic carbocycles. The third-order valence-electron chi connectivity index (χ3n) is 4.09. The van der Waals surface area contributed by atoms with Gasteiger partial charge in [0.2, 0.25) is 5.91 Å². The van der Waals surface area contributed by atoms with Gasteiger partial charge in [-0.1, -0.05) is 24.9 Å². The molecule has 2 unspecified atom stereocenters. The van der Waals surface area contributed by atoms with Gasteiger partial charge in [-0.05, 0) is 44.0 Å². The molecule has 1 aliphatic rings. The zero-order valence-electron chi connectivity index (χ0n) is 12.0. The molecule has 1 heterocycles. The molecule has 1 saturated heterocycles. The molecule has 0 aliphatic carbocycles. The number of benzene rings is 1. The van der Waals surface area contributed by atoms with Gasteiger partial charge < -0.3 is 11.1 Å². The van der Waals surface area contributed by atoms with Gasteiger partial charge >= 0.3 is 0 Å². The van der Waals surface area contributed by atoms with E-state index in [0.29, 0.717) is 22.3 Å². The number of nitrogens with two attached hydrogens (primary N) is 1. The van der Waals surface area contributed by atoms with Gasteiger partial charge in [0.05, 0.1) is 17.4 Å². The maximum absolute atomic E-state index is 12.3. The predicted molar refractivity (Wildman–Crippen MR) is 83.9 cm³/mol. The van der Waals surface area contributed by atoms with Gasteiger partial charge in [-0.25, -0.2) is 0 Å². The maximum atomic E-state index is 12.3. The Kier molecular flexibility index (Phi) is 4.89. The van der Waals surface area contributed by atoms with E-state index in [-0.39, 0.29) is 11.9 Å². The number of hydrogen-bond donors (Lipinski definition) is 2. The summed E-state index contributed by atoms with van der Waals surface area (Å²) in [5, 5.41) is 3.43. The second kappa shape index (κ2) is 6.46. The Hall–Kier alpha value is -1.26. The van der Waals surface area contributed by atoms with Crippen molar-refractivity contribution in [1.82, 2.24) is 4.90 Å². The van der Waals surface area contributed by atoms with E-state index in [4.69, 9.17) is 17.3 Å². The fourth-order valence-electron chi connectivity index (χ4n) is 2.59. The third-order valence-corrected chi connectivity index (χ3v) is 4.33. The van der Waals surface area contributed by atoms with E-state index in [1.54, 1.807) is 18.2 Å².